The minimum Gasteiger partial charge on any atom is -0.435 e. The van der Waals surface area contributed by atoms with Gasteiger partial charge >= 0.3 is 0 Å². The van der Waals surface area contributed by atoms with E-state index in [9.17, 15) is 8.78 Å². The lowest BCUT2D eigenvalue weighted by Crippen LogP contribution is -2.14. The highest BCUT2D eigenvalue weighted by Crippen LogP contribution is 2.30. The maximum Gasteiger partial charge on any atom is 0.230 e. The quantitative estimate of drug-likeness (QED) is 0.674. The van der Waals surface area contributed by atoms with E-state index < -0.39 is 11.6 Å². The van der Waals surface area contributed by atoms with Crippen LogP contribution in [-0.2, 0) is 12.8 Å². The Morgan fingerprint density at radius 3 is 2.76 bits per heavy atom. The second kappa shape index (κ2) is 5.12. The highest BCUT2D eigenvalue weighted by Gasteiger charge is 2.20. The maximum atomic E-state index is 13.7. The number of benzene rings is 1. The molecule has 21 heavy (non-hydrogen) atoms. The first kappa shape index (κ1) is 13.5. The van der Waals surface area contributed by atoms with Crippen LogP contribution < -0.4 is 10.5 Å². The number of nitrogen functional groups attached to an aromatic ring is 1. The number of fused-ring (bicyclic) bond motifs is 1. The van der Waals surface area contributed by atoms with E-state index in [-0.39, 0.29) is 17.5 Å². The largest absolute Gasteiger partial charge is 0.435 e. The van der Waals surface area contributed by atoms with Crippen LogP contribution in [-0.4, -0.2) is 10.8 Å². The molecule has 3 rings (SSSR count). The Labute approximate surface area is 120 Å². The fourth-order valence-corrected chi connectivity index (χ4v) is 2.39. The van der Waals surface area contributed by atoms with Crippen LogP contribution in [0.15, 0.2) is 24.3 Å². The van der Waals surface area contributed by atoms with Gasteiger partial charge in [-0.1, -0.05) is 0 Å². The first-order valence-electron chi connectivity index (χ1n) is 6.54. The molecule has 3 N–H and O–H groups in total. The van der Waals surface area contributed by atoms with Gasteiger partial charge in [0.1, 0.15) is 11.7 Å². The minimum absolute atomic E-state index is 0.0775. The predicted molar refractivity (Wildman–Crippen MR) is 73.7 cm³/mol. The molecule has 1 heterocycles. The van der Waals surface area contributed by atoms with Crippen molar-refractivity contribution >= 4 is 5.84 Å². The molecule has 0 saturated heterocycles. The predicted octanol–water partition coefficient (Wildman–Crippen LogP) is 2.92. The molecule has 6 heteroatoms. The van der Waals surface area contributed by atoms with Crippen LogP contribution in [0.5, 0.6) is 11.6 Å². The number of nitrogens with two attached hydrogens (primary N) is 1. The van der Waals surface area contributed by atoms with Crippen LogP contribution in [0.1, 0.15) is 23.2 Å². The maximum absolute atomic E-state index is 13.7. The van der Waals surface area contributed by atoms with Gasteiger partial charge in [0.25, 0.3) is 0 Å². The van der Waals surface area contributed by atoms with Crippen molar-refractivity contribution in [3.05, 3.63) is 52.7 Å². The Kier molecular flexibility index (Phi) is 3.29. The summed E-state index contributed by atoms with van der Waals surface area (Å²) in [7, 11) is 0. The molecule has 1 aliphatic carbocycles. The highest BCUT2D eigenvalue weighted by molar-refractivity contribution is 5.97. The zero-order valence-corrected chi connectivity index (χ0v) is 11.1. The van der Waals surface area contributed by atoms with E-state index >= 15 is 0 Å². The number of pyridine rings is 1. The van der Waals surface area contributed by atoms with Crippen LogP contribution in [0.2, 0.25) is 0 Å². The monoisotopic (exact) mass is 289 g/mol. The van der Waals surface area contributed by atoms with Crippen LogP contribution >= 0.6 is 0 Å². The van der Waals surface area contributed by atoms with Crippen molar-refractivity contribution in [3.63, 3.8) is 0 Å². The molecule has 0 aliphatic heterocycles. The third kappa shape index (κ3) is 2.56. The second-order valence-corrected chi connectivity index (χ2v) is 4.89. The minimum atomic E-state index is -0.827. The summed E-state index contributed by atoms with van der Waals surface area (Å²) in [6, 6.07) is 4.77. The molecule has 0 unspecified atom stereocenters. The van der Waals surface area contributed by atoms with Gasteiger partial charge in [-0.25, -0.2) is 13.8 Å². The molecular weight excluding hydrogens is 276 g/mol. The first-order chi connectivity index (χ1) is 10.0. The van der Waals surface area contributed by atoms with E-state index in [2.05, 4.69) is 4.98 Å². The number of hydrogen-bond acceptors (Lipinski definition) is 3. The van der Waals surface area contributed by atoms with Gasteiger partial charge in [0.2, 0.25) is 5.88 Å². The number of amidine groups is 1. The summed E-state index contributed by atoms with van der Waals surface area (Å²) in [6.45, 7) is 0. The fraction of sp³-hybridized carbons (Fsp3) is 0.200. The molecule has 1 aromatic carbocycles. The van der Waals surface area contributed by atoms with E-state index in [0.29, 0.717) is 5.56 Å². The van der Waals surface area contributed by atoms with E-state index in [4.69, 9.17) is 15.9 Å². The normalized spacial score (nSPS) is 13.0. The molecule has 0 saturated carbocycles. The number of rotatable bonds is 3. The summed E-state index contributed by atoms with van der Waals surface area (Å²) in [5.74, 6) is -1.78. The van der Waals surface area contributed by atoms with E-state index in [1.165, 1.54) is 6.07 Å². The van der Waals surface area contributed by atoms with Gasteiger partial charge in [0, 0.05) is 11.8 Å². The topological polar surface area (TPSA) is 72.0 Å². The van der Waals surface area contributed by atoms with E-state index in [1.54, 1.807) is 6.07 Å². The summed E-state index contributed by atoms with van der Waals surface area (Å²) < 4.78 is 32.0. The van der Waals surface area contributed by atoms with Crippen molar-refractivity contribution in [2.75, 3.05) is 0 Å². The molecule has 1 aliphatic rings. The number of nitrogens with zero attached hydrogens (tertiary/aromatic N) is 1. The van der Waals surface area contributed by atoms with Crippen LogP contribution in [0, 0.1) is 17.0 Å². The third-order valence-corrected chi connectivity index (χ3v) is 3.41. The number of nitrogens with one attached hydrogen (secondary N) is 1. The van der Waals surface area contributed by atoms with E-state index in [1.807, 2.05) is 0 Å². The Morgan fingerprint density at radius 2 is 2.05 bits per heavy atom. The molecule has 4 nitrogen and oxygen atoms in total. The number of ether oxygens (including phenoxy) is 1. The van der Waals surface area contributed by atoms with Crippen molar-refractivity contribution in [1.82, 2.24) is 4.98 Å². The van der Waals surface area contributed by atoms with Gasteiger partial charge in [0.15, 0.2) is 11.6 Å². The molecule has 108 valence electrons. The molecule has 1 aromatic heterocycles. The van der Waals surface area contributed by atoms with Crippen LogP contribution in [0.4, 0.5) is 8.78 Å². The lowest BCUT2D eigenvalue weighted by atomic mass is 10.1. The standard InChI is InChI=1S/C15H13F2N3O/c16-9-4-5-13(11(17)7-9)21-15-10(14(18)19)6-8-2-1-3-12(8)20-15/h4-7H,1-3H2,(H3,18,19). The first-order valence-corrected chi connectivity index (χ1v) is 6.54. The third-order valence-electron chi connectivity index (χ3n) is 3.41. The lowest BCUT2D eigenvalue weighted by molar-refractivity contribution is 0.421. The number of aryl methyl sites for hydroxylation is 2. The molecule has 0 amide bonds. The summed E-state index contributed by atoms with van der Waals surface area (Å²) in [4.78, 5) is 4.33. The Balaban J connectivity index is 2.03. The van der Waals surface area contributed by atoms with Crippen molar-refractivity contribution in [2.45, 2.75) is 19.3 Å². The van der Waals surface area contributed by atoms with Crippen molar-refractivity contribution < 1.29 is 13.5 Å². The average Bonchev–Trinajstić information content (AvgIpc) is 2.88. The molecular formula is C15H13F2N3O. The molecule has 0 radical (unpaired) electrons. The zero-order valence-electron chi connectivity index (χ0n) is 11.1. The fourth-order valence-electron chi connectivity index (χ4n) is 2.39. The van der Waals surface area contributed by atoms with Gasteiger partial charge in [-0.3, -0.25) is 5.41 Å². The van der Waals surface area contributed by atoms with Gasteiger partial charge in [-0.2, -0.15) is 0 Å². The van der Waals surface area contributed by atoms with Crippen LogP contribution in [0.3, 0.4) is 0 Å². The number of aromatic nitrogens is 1. The lowest BCUT2D eigenvalue weighted by Gasteiger charge is -2.12. The summed E-state index contributed by atoms with van der Waals surface area (Å²) >= 11 is 0. The zero-order chi connectivity index (χ0) is 15.0. The molecule has 2 aromatic rings. The van der Waals surface area contributed by atoms with Gasteiger partial charge in [0.05, 0.1) is 5.56 Å². The van der Waals surface area contributed by atoms with Crippen molar-refractivity contribution in [2.24, 2.45) is 5.73 Å². The molecule has 0 spiro atoms. The Hall–Kier alpha value is -2.50. The SMILES string of the molecule is N=C(N)c1cc2c(nc1Oc1ccc(F)cc1F)CCC2. The van der Waals surface area contributed by atoms with Crippen molar-refractivity contribution in [3.8, 4) is 11.6 Å². The molecule has 0 bridgehead atoms. The second-order valence-electron chi connectivity index (χ2n) is 4.89. The average molecular weight is 289 g/mol. The van der Waals surface area contributed by atoms with Gasteiger partial charge in [-0.05, 0) is 43.0 Å². The highest BCUT2D eigenvalue weighted by atomic mass is 19.1. The summed E-state index contributed by atoms with van der Waals surface area (Å²) in [5.41, 5.74) is 7.76. The number of halogens is 2. The number of hydrogen-bond donors (Lipinski definition) is 2. The van der Waals surface area contributed by atoms with Gasteiger partial charge < -0.3 is 10.5 Å². The Bertz CT molecular complexity index is 731. The van der Waals surface area contributed by atoms with Crippen LogP contribution in [0.25, 0.3) is 0 Å². The summed E-state index contributed by atoms with van der Waals surface area (Å²) in [6.07, 6.45) is 2.68. The van der Waals surface area contributed by atoms with Gasteiger partial charge in [-0.15, -0.1) is 0 Å². The summed E-state index contributed by atoms with van der Waals surface area (Å²) in [5, 5.41) is 7.60. The molecule has 0 atom stereocenters. The van der Waals surface area contributed by atoms with E-state index in [0.717, 1.165) is 42.7 Å². The smallest absolute Gasteiger partial charge is 0.230 e. The molecule has 0 fully saturated rings. The Morgan fingerprint density at radius 1 is 1.24 bits per heavy atom. The van der Waals surface area contributed by atoms with Crippen molar-refractivity contribution in [1.29, 1.82) is 5.41 Å².